The summed E-state index contributed by atoms with van der Waals surface area (Å²) in [6, 6.07) is 10.6. The van der Waals surface area contributed by atoms with Crippen molar-refractivity contribution in [3.63, 3.8) is 0 Å². The van der Waals surface area contributed by atoms with Gasteiger partial charge in [-0.2, -0.15) is 5.26 Å². The Balaban J connectivity index is 1.49. The number of aromatic nitrogens is 1. The highest BCUT2D eigenvalue weighted by Crippen LogP contribution is 2.49. The standard InChI is InChI=1S/C26H31N5O3/c1-16-5-6-21(22(13-27)28-16)29-18-11-17-15-33-10-9-31-23-7-8-30(25(32)34-26(2,3)4)14-20(23)19(12-18)24(17)31/h5-6,11-12,20,23,29H,7-10,14-15H2,1-4H3/t20-,23-/m0/s1. The number of fused-ring (bicyclic) bond motifs is 3. The molecule has 5 rings (SSSR count). The van der Waals surface area contributed by atoms with Gasteiger partial charge in [-0.15, -0.1) is 0 Å². The van der Waals surface area contributed by atoms with Crippen molar-refractivity contribution in [3.8, 4) is 6.07 Å². The summed E-state index contributed by atoms with van der Waals surface area (Å²) in [5.74, 6) is 0.196. The third-order valence-electron chi connectivity index (χ3n) is 6.69. The summed E-state index contributed by atoms with van der Waals surface area (Å²) in [6.45, 7) is 10.9. The number of nitrogens with one attached hydrogen (secondary N) is 1. The molecule has 8 nitrogen and oxygen atoms in total. The molecule has 2 aromatic rings. The van der Waals surface area contributed by atoms with Gasteiger partial charge < -0.3 is 24.6 Å². The van der Waals surface area contributed by atoms with Crippen LogP contribution < -0.4 is 10.2 Å². The van der Waals surface area contributed by atoms with Crippen molar-refractivity contribution in [2.45, 2.75) is 58.3 Å². The Morgan fingerprint density at radius 1 is 1.29 bits per heavy atom. The van der Waals surface area contributed by atoms with Crippen LogP contribution in [0.25, 0.3) is 0 Å². The second kappa shape index (κ2) is 8.48. The number of carbonyl (C=O) groups is 1. The molecule has 1 N–H and O–H groups in total. The number of amides is 1. The number of likely N-dealkylation sites (tertiary alicyclic amines) is 1. The minimum absolute atomic E-state index is 0.196. The number of benzene rings is 1. The maximum absolute atomic E-state index is 12.8. The lowest BCUT2D eigenvalue weighted by molar-refractivity contribution is 0.0188. The molecule has 1 saturated heterocycles. The molecule has 1 amide bonds. The van der Waals surface area contributed by atoms with Gasteiger partial charge in [-0.05, 0) is 63.9 Å². The fourth-order valence-corrected chi connectivity index (χ4v) is 5.33. The van der Waals surface area contributed by atoms with Crippen LogP contribution in [0.1, 0.15) is 55.6 Å². The zero-order valence-electron chi connectivity index (χ0n) is 20.2. The number of rotatable bonds is 2. The molecule has 178 valence electrons. The number of nitrogens with zero attached hydrogens (tertiary/aromatic N) is 4. The van der Waals surface area contributed by atoms with E-state index in [0.29, 0.717) is 43.7 Å². The fraction of sp³-hybridized carbons (Fsp3) is 0.500. The smallest absolute Gasteiger partial charge is 0.410 e. The number of anilines is 3. The van der Waals surface area contributed by atoms with Crippen LogP contribution >= 0.6 is 0 Å². The fourth-order valence-electron chi connectivity index (χ4n) is 5.33. The summed E-state index contributed by atoms with van der Waals surface area (Å²) >= 11 is 0. The monoisotopic (exact) mass is 461 g/mol. The van der Waals surface area contributed by atoms with E-state index in [1.807, 2.05) is 44.7 Å². The lowest BCUT2D eigenvalue weighted by Crippen LogP contribution is -2.49. The molecule has 0 saturated carbocycles. The first-order valence-corrected chi connectivity index (χ1v) is 11.9. The van der Waals surface area contributed by atoms with Crippen molar-refractivity contribution in [2.75, 3.05) is 36.5 Å². The highest BCUT2D eigenvalue weighted by atomic mass is 16.6. The molecule has 1 aromatic carbocycles. The normalized spacial score (nSPS) is 21.3. The van der Waals surface area contributed by atoms with Crippen LogP contribution in [0.2, 0.25) is 0 Å². The van der Waals surface area contributed by atoms with E-state index in [-0.39, 0.29) is 12.0 Å². The first-order valence-electron chi connectivity index (χ1n) is 11.9. The van der Waals surface area contributed by atoms with Crippen LogP contribution in [-0.2, 0) is 16.1 Å². The van der Waals surface area contributed by atoms with Gasteiger partial charge in [0.05, 0.1) is 18.9 Å². The molecule has 0 unspecified atom stereocenters. The summed E-state index contributed by atoms with van der Waals surface area (Å²) in [6.07, 6.45) is 0.640. The molecule has 1 aromatic heterocycles. The number of carbonyl (C=O) groups excluding carboxylic acids is 1. The van der Waals surface area contributed by atoms with Crippen LogP contribution in [0.4, 0.5) is 21.9 Å². The van der Waals surface area contributed by atoms with E-state index in [0.717, 1.165) is 29.9 Å². The zero-order valence-corrected chi connectivity index (χ0v) is 20.2. The molecule has 3 aliphatic rings. The minimum atomic E-state index is -0.517. The first kappa shape index (κ1) is 22.5. The Labute approximate surface area is 200 Å². The molecule has 1 fully saturated rings. The highest BCUT2D eigenvalue weighted by Gasteiger charge is 2.45. The van der Waals surface area contributed by atoms with E-state index in [1.165, 1.54) is 11.3 Å². The third kappa shape index (κ3) is 4.16. The highest BCUT2D eigenvalue weighted by molar-refractivity contribution is 5.76. The second-order valence-electron chi connectivity index (χ2n) is 10.3. The molecule has 0 bridgehead atoms. The van der Waals surface area contributed by atoms with Crippen molar-refractivity contribution in [1.29, 1.82) is 5.26 Å². The van der Waals surface area contributed by atoms with Crippen molar-refractivity contribution < 1.29 is 14.3 Å². The van der Waals surface area contributed by atoms with Gasteiger partial charge >= 0.3 is 6.09 Å². The second-order valence-corrected chi connectivity index (χ2v) is 10.3. The predicted octanol–water partition coefficient (Wildman–Crippen LogP) is 4.45. The molecule has 0 aliphatic carbocycles. The van der Waals surface area contributed by atoms with Crippen LogP contribution in [0.3, 0.4) is 0 Å². The van der Waals surface area contributed by atoms with Crippen molar-refractivity contribution >= 4 is 23.2 Å². The van der Waals surface area contributed by atoms with Crippen LogP contribution in [0, 0.1) is 18.3 Å². The minimum Gasteiger partial charge on any atom is -0.444 e. The van der Waals surface area contributed by atoms with Crippen molar-refractivity contribution in [3.05, 3.63) is 46.8 Å². The Morgan fingerprint density at radius 2 is 2.12 bits per heavy atom. The van der Waals surface area contributed by atoms with E-state index in [4.69, 9.17) is 9.47 Å². The van der Waals surface area contributed by atoms with Gasteiger partial charge in [-0.1, -0.05) is 0 Å². The Kier molecular flexibility index (Phi) is 5.61. The first-order chi connectivity index (χ1) is 16.2. The molecule has 3 aliphatic heterocycles. The lowest BCUT2D eigenvalue weighted by Gasteiger charge is -2.39. The summed E-state index contributed by atoms with van der Waals surface area (Å²) in [5.41, 5.74) is 5.84. The van der Waals surface area contributed by atoms with Crippen LogP contribution in [0.15, 0.2) is 24.3 Å². The molecule has 2 atom stereocenters. The van der Waals surface area contributed by atoms with Gasteiger partial charge in [0, 0.05) is 54.2 Å². The summed E-state index contributed by atoms with van der Waals surface area (Å²) < 4.78 is 11.6. The number of aryl methyl sites for hydroxylation is 1. The maximum Gasteiger partial charge on any atom is 0.410 e. The van der Waals surface area contributed by atoms with E-state index in [2.05, 4.69) is 33.4 Å². The summed E-state index contributed by atoms with van der Waals surface area (Å²) in [4.78, 5) is 21.5. The Bertz CT molecular complexity index is 1170. The maximum atomic E-state index is 12.8. The van der Waals surface area contributed by atoms with E-state index < -0.39 is 5.60 Å². The predicted molar refractivity (Wildman–Crippen MR) is 129 cm³/mol. The van der Waals surface area contributed by atoms with E-state index in [9.17, 15) is 10.1 Å². The van der Waals surface area contributed by atoms with Crippen molar-refractivity contribution in [1.82, 2.24) is 9.88 Å². The molecule has 0 radical (unpaired) electrons. The number of ether oxygens (including phenoxy) is 2. The largest absolute Gasteiger partial charge is 0.444 e. The topological polar surface area (TPSA) is 90.7 Å². The molecular formula is C26H31N5O3. The molecule has 4 heterocycles. The SMILES string of the molecule is Cc1ccc(Nc2cc3c4c(c2)[C@@H]2CN(C(=O)OC(C)(C)C)CC[C@@H]2N4CCOC3)c(C#N)n1. The average Bonchev–Trinajstić information content (AvgIpc) is 2.94. The van der Waals surface area contributed by atoms with Gasteiger partial charge in [0.15, 0.2) is 5.69 Å². The Morgan fingerprint density at radius 3 is 2.88 bits per heavy atom. The summed E-state index contributed by atoms with van der Waals surface area (Å²) in [7, 11) is 0. The molecule has 8 heteroatoms. The van der Waals surface area contributed by atoms with Crippen LogP contribution in [0.5, 0.6) is 0 Å². The number of nitriles is 1. The molecular weight excluding hydrogens is 430 g/mol. The lowest BCUT2D eigenvalue weighted by atomic mass is 9.88. The van der Waals surface area contributed by atoms with Crippen molar-refractivity contribution in [2.24, 2.45) is 0 Å². The molecule has 34 heavy (non-hydrogen) atoms. The van der Waals surface area contributed by atoms with E-state index in [1.54, 1.807) is 0 Å². The van der Waals surface area contributed by atoms with Gasteiger partial charge in [0.2, 0.25) is 0 Å². The van der Waals surface area contributed by atoms with Crippen LogP contribution in [-0.4, -0.2) is 53.9 Å². The zero-order chi connectivity index (χ0) is 24.0. The molecule has 0 spiro atoms. The average molecular weight is 462 g/mol. The number of piperidine rings is 1. The number of hydrogen-bond acceptors (Lipinski definition) is 7. The van der Waals surface area contributed by atoms with Gasteiger partial charge in [0.25, 0.3) is 0 Å². The van der Waals surface area contributed by atoms with E-state index >= 15 is 0 Å². The van der Waals surface area contributed by atoms with Gasteiger partial charge in [0.1, 0.15) is 11.7 Å². The summed E-state index contributed by atoms with van der Waals surface area (Å²) in [5, 5.41) is 13.0. The third-order valence-corrected chi connectivity index (χ3v) is 6.69. The quantitative estimate of drug-likeness (QED) is 0.707. The van der Waals surface area contributed by atoms with Gasteiger partial charge in [-0.3, -0.25) is 0 Å². The van der Waals surface area contributed by atoms with Gasteiger partial charge in [-0.25, -0.2) is 9.78 Å². The number of hydrogen-bond donors (Lipinski definition) is 1. The number of pyridine rings is 1. The Hall–Kier alpha value is -3.31.